The number of hydrogen-bond donors (Lipinski definition) is 3. The van der Waals surface area contributed by atoms with Crippen LogP contribution < -0.4 is 5.73 Å². The van der Waals surface area contributed by atoms with Crippen LogP contribution in [0.5, 0.6) is 0 Å². The molecule has 0 fully saturated rings. The minimum atomic E-state index is -1.80. The van der Waals surface area contributed by atoms with E-state index in [0.29, 0.717) is 33.8 Å². The zero-order valence-electron chi connectivity index (χ0n) is 15.5. The Bertz CT molecular complexity index is 1350. The van der Waals surface area contributed by atoms with Gasteiger partial charge < -0.3 is 20.5 Å². The van der Waals surface area contributed by atoms with Crippen LogP contribution in [0.2, 0.25) is 5.02 Å². The Balaban J connectivity index is 1.83. The van der Waals surface area contributed by atoms with Crippen molar-refractivity contribution in [2.45, 2.75) is 13.2 Å². The van der Waals surface area contributed by atoms with E-state index >= 15 is 0 Å². The number of anilines is 1. The summed E-state index contributed by atoms with van der Waals surface area (Å²) in [7, 11) is 0. The normalized spacial score (nSPS) is 11.0. The summed E-state index contributed by atoms with van der Waals surface area (Å²) in [6.07, 6.45) is -0.465. The van der Waals surface area contributed by atoms with Crippen LogP contribution in [0, 0.1) is 18.8 Å². The molecule has 4 rings (SSSR count). The quantitative estimate of drug-likeness (QED) is 0.331. The Morgan fingerprint density at radius 1 is 1.33 bits per heavy atom. The molecule has 3 heterocycles. The number of nitrogens with two attached hydrogens (primary N) is 1. The van der Waals surface area contributed by atoms with Gasteiger partial charge >= 0.3 is 0 Å². The number of halogens is 1. The summed E-state index contributed by atoms with van der Waals surface area (Å²) in [5.41, 5.74) is 7.18. The van der Waals surface area contributed by atoms with E-state index in [1.807, 2.05) is 0 Å². The van der Waals surface area contributed by atoms with E-state index in [1.165, 1.54) is 10.9 Å². The molecular formula is C19H14ClN7O3. The molecule has 10 nitrogen and oxygen atoms in total. The van der Waals surface area contributed by atoms with Crippen LogP contribution >= 0.6 is 11.6 Å². The lowest BCUT2D eigenvalue weighted by Crippen LogP contribution is -2.06. The number of rotatable bonds is 3. The Labute approximate surface area is 174 Å². The highest BCUT2D eigenvalue weighted by molar-refractivity contribution is 6.32. The second kappa shape index (κ2) is 7.57. The zero-order valence-corrected chi connectivity index (χ0v) is 16.3. The molecule has 150 valence electrons. The molecule has 30 heavy (non-hydrogen) atoms. The summed E-state index contributed by atoms with van der Waals surface area (Å²) in [6, 6.07) is 5.07. The van der Waals surface area contributed by atoms with E-state index in [1.54, 1.807) is 25.1 Å². The van der Waals surface area contributed by atoms with E-state index in [-0.39, 0.29) is 22.5 Å². The smallest absolute Gasteiger partial charge is 0.223 e. The Morgan fingerprint density at radius 2 is 2.13 bits per heavy atom. The maximum absolute atomic E-state index is 9.71. The standard InChI is InChI=1S/C19H14ClN7O3/c1-9(16-23-10(2)30-26-16)3-4-11-5-6-12-14(7-11)27(25-15(12)18(28)29)17-13(20)8-22-19(21)24-17/h5-8,18,28-29H,1H2,2H3,(H2,21,22,24). The van der Waals surface area contributed by atoms with Crippen molar-refractivity contribution in [1.29, 1.82) is 0 Å². The van der Waals surface area contributed by atoms with E-state index in [0.717, 1.165) is 0 Å². The topological polar surface area (TPSA) is 149 Å². The van der Waals surface area contributed by atoms with Gasteiger partial charge in [0.15, 0.2) is 12.1 Å². The lowest BCUT2D eigenvalue weighted by atomic mass is 10.1. The van der Waals surface area contributed by atoms with Crippen molar-refractivity contribution in [1.82, 2.24) is 29.9 Å². The average Bonchev–Trinajstić information content (AvgIpc) is 3.31. The largest absolute Gasteiger partial charge is 0.368 e. The zero-order chi connectivity index (χ0) is 21.4. The molecule has 4 N–H and O–H groups in total. The molecule has 3 aromatic heterocycles. The second-order valence-electron chi connectivity index (χ2n) is 6.17. The highest BCUT2D eigenvalue weighted by atomic mass is 35.5. The molecule has 0 bridgehead atoms. The average molecular weight is 424 g/mol. The predicted molar refractivity (Wildman–Crippen MR) is 108 cm³/mol. The maximum Gasteiger partial charge on any atom is 0.223 e. The van der Waals surface area contributed by atoms with Crippen molar-refractivity contribution in [3.63, 3.8) is 0 Å². The van der Waals surface area contributed by atoms with Gasteiger partial charge in [-0.25, -0.2) is 9.67 Å². The SMILES string of the molecule is C=C(C#Cc1ccc2c(C(O)O)nn(-c3nc(N)ncc3Cl)c2c1)c1noc(C)n1. The molecule has 4 aromatic rings. The van der Waals surface area contributed by atoms with Crippen molar-refractivity contribution < 1.29 is 14.7 Å². The first kappa shape index (κ1) is 19.5. The monoisotopic (exact) mass is 423 g/mol. The number of nitrogens with zero attached hydrogens (tertiary/aromatic N) is 6. The number of benzene rings is 1. The van der Waals surface area contributed by atoms with Crippen molar-refractivity contribution in [2.24, 2.45) is 0 Å². The minimum absolute atomic E-state index is 0.00759. The summed E-state index contributed by atoms with van der Waals surface area (Å²) in [5, 5.41) is 28.1. The van der Waals surface area contributed by atoms with Crippen molar-refractivity contribution >= 4 is 34.0 Å². The molecule has 0 saturated heterocycles. The van der Waals surface area contributed by atoms with Gasteiger partial charge in [-0.2, -0.15) is 15.1 Å². The highest BCUT2D eigenvalue weighted by Crippen LogP contribution is 2.28. The van der Waals surface area contributed by atoms with Crippen LogP contribution in [0.25, 0.3) is 22.3 Å². The van der Waals surface area contributed by atoms with Gasteiger partial charge in [0, 0.05) is 17.9 Å². The molecule has 0 radical (unpaired) electrons. The molecule has 11 heteroatoms. The molecule has 0 aliphatic rings. The number of aromatic nitrogens is 6. The van der Waals surface area contributed by atoms with Gasteiger partial charge in [0.2, 0.25) is 17.7 Å². The number of aliphatic hydroxyl groups is 2. The third kappa shape index (κ3) is 3.60. The van der Waals surface area contributed by atoms with Gasteiger partial charge in [-0.3, -0.25) is 0 Å². The number of nitrogen functional groups attached to an aromatic ring is 1. The predicted octanol–water partition coefficient (Wildman–Crippen LogP) is 1.79. The first-order valence-corrected chi connectivity index (χ1v) is 8.90. The van der Waals surface area contributed by atoms with Crippen molar-refractivity contribution in [3.8, 4) is 17.7 Å². The molecule has 0 aliphatic heterocycles. The molecule has 0 amide bonds. The van der Waals surface area contributed by atoms with Crippen LogP contribution in [-0.2, 0) is 0 Å². The van der Waals surface area contributed by atoms with E-state index in [4.69, 9.17) is 21.9 Å². The Kier molecular flexibility index (Phi) is 4.93. The number of aryl methyl sites for hydroxylation is 1. The lowest BCUT2D eigenvalue weighted by Gasteiger charge is -2.05. The first-order valence-electron chi connectivity index (χ1n) is 8.52. The molecule has 0 unspecified atom stereocenters. The van der Waals surface area contributed by atoms with Crippen LogP contribution in [0.15, 0.2) is 35.5 Å². The summed E-state index contributed by atoms with van der Waals surface area (Å²) < 4.78 is 6.28. The molecule has 1 aromatic carbocycles. The van der Waals surface area contributed by atoms with Crippen LogP contribution in [-0.4, -0.2) is 40.1 Å². The van der Waals surface area contributed by atoms with Crippen LogP contribution in [0.4, 0.5) is 5.95 Å². The fraction of sp³-hybridized carbons (Fsp3) is 0.105. The number of hydrogen-bond acceptors (Lipinski definition) is 9. The third-order valence-electron chi connectivity index (χ3n) is 4.05. The van der Waals surface area contributed by atoms with Gasteiger partial charge in [0.05, 0.1) is 17.3 Å². The summed E-state index contributed by atoms with van der Waals surface area (Å²) in [4.78, 5) is 12.0. The van der Waals surface area contributed by atoms with Gasteiger partial charge in [0.1, 0.15) is 10.7 Å². The number of aliphatic hydroxyl groups excluding tert-OH is 1. The van der Waals surface area contributed by atoms with Crippen molar-refractivity contribution in [2.75, 3.05) is 5.73 Å². The van der Waals surface area contributed by atoms with Gasteiger partial charge in [-0.1, -0.05) is 35.2 Å². The van der Waals surface area contributed by atoms with Gasteiger partial charge in [0.25, 0.3) is 0 Å². The van der Waals surface area contributed by atoms with E-state index in [9.17, 15) is 10.2 Å². The van der Waals surface area contributed by atoms with Crippen molar-refractivity contribution in [3.05, 3.63) is 59.0 Å². The first-order chi connectivity index (χ1) is 14.3. The maximum atomic E-state index is 9.71. The second-order valence-corrected chi connectivity index (χ2v) is 6.58. The molecule has 0 saturated carbocycles. The Morgan fingerprint density at radius 3 is 2.83 bits per heavy atom. The molecule has 0 spiro atoms. The fourth-order valence-corrected chi connectivity index (χ4v) is 2.89. The fourth-order valence-electron chi connectivity index (χ4n) is 2.71. The van der Waals surface area contributed by atoms with Crippen LogP contribution in [0.3, 0.4) is 0 Å². The number of fused-ring (bicyclic) bond motifs is 1. The van der Waals surface area contributed by atoms with E-state index < -0.39 is 6.29 Å². The molecule has 0 aliphatic carbocycles. The third-order valence-corrected chi connectivity index (χ3v) is 4.32. The minimum Gasteiger partial charge on any atom is -0.368 e. The van der Waals surface area contributed by atoms with Gasteiger partial charge in [-0.05, 0) is 18.2 Å². The van der Waals surface area contributed by atoms with E-state index in [2.05, 4.69) is 43.6 Å². The summed E-state index contributed by atoms with van der Waals surface area (Å²) in [5.74, 6) is 6.73. The van der Waals surface area contributed by atoms with Gasteiger partial charge in [-0.15, -0.1) is 0 Å². The molecule has 0 atom stereocenters. The molecular weight excluding hydrogens is 410 g/mol. The highest BCUT2D eigenvalue weighted by Gasteiger charge is 2.19. The summed E-state index contributed by atoms with van der Waals surface area (Å²) in [6.45, 7) is 5.51. The Hall–Kier alpha value is -3.78. The number of allylic oxidation sites excluding steroid dienone is 1. The van der Waals surface area contributed by atoms with Crippen LogP contribution in [0.1, 0.15) is 29.3 Å². The lowest BCUT2D eigenvalue weighted by molar-refractivity contribution is -0.0449. The summed E-state index contributed by atoms with van der Waals surface area (Å²) >= 11 is 6.20.